The van der Waals surface area contributed by atoms with Crippen LogP contribution in [0.1, 0.15) is 11.3 Å². The molecule has 0 radical (unpaired) electrons. The van der Waals surface area contributed by atoms with Crippen molar-refractivity contribution in [2.24, 2.45) is 0 Å². The molecule has 2 aromatic heterocycles. The zero-order chi connectivity index (χ0) is 19.5. The van der Waals surface area contributed by atoms with Crippen molar-refractivity contribution in [3.63, 3.8) is 0 Å². The Morgan fingerprint density at radius 1 is 1.21 bits per heavy atom. The molecule has 1 aliphatic rings. The highest BCUT2D eigenvalue weighted by atomic mass is 32.2. The van der Waals surface area contributed by atoms with Crippen LogP contribution in [0.4, 0.5) is 5.69 Å². The molecule has 0 saturated carbocycles. The topological polar surface area (TPSA) is 75.2 Å². The van der Waals surface area contributed by atoms with Crippen molar-refractivity contribution in [2.45, 2.75) is 6.42 Å². The van der Waals surface area contributed by atoms with Crippen LogP contribution in [0.2, 0.25) is 0 Å². The van der Waals surface area contributed by atoms with Crippen LogP contribution in [0.25, 0.3) is 17.1 Å². The van der Waals surface area contributed by atoms with Gasteiger partial charge in [-0.2, -0.15) is 0 Å². The highest BCUT2D eigenvalue weighted by molar-refractivity contribution is 8.26. The zero-order valence-electron chi connectivity index (χ0n) is 14.5. The minimum absolute atomic E-state index is 0.150. The van der Waals surface area contributed by atoms with Gasteiger partial charge in [-0.1, -0.05) is 30.0 Å². The van der Waals surface area contributed by atoms with Gasteiger partial charge >= 0.3 is 0 Å². The maximum atomic E-state index is 12.6. The predicted octanol–water partition coefficient (Wildman–Crippen LogP) is 3.92. The van der Waals surface area contributed by atoms with Crippen molar-refractivity contribution in [3.05, 3.63) is 57.9 Å². The average molecular weight is 427 g/mol. The summed E-state index contributed by atoms with van der Waals surface area (Å²) in [6.07, 6.45) is 5.21. The lowest BCUT2D eigenvalue weighted by atomic mass is 10.2. The Balaban J connectivity index is 1.37. The van der Waals surface area contributed by atoms with E-state index in [0.29, 0.717) is 20.4 Å². The fraction of sp³-hybridized carbons (Fsp3) is 0.105. The molecule has 3 heterocycles. The summed E-state index contributed by atoms with van der Waals surface area (Å²) in [5, 5.41) is 4.78. The quantitative estimate of drug-likeness (QED) is 0.492. The van der Waals surface area contributed by atoms with Crippen LogP contribution in [0.15, 0.2) is 53.0 Å². The number of hydrogen-bond donors (Lipinski definition) is 1. The summed E-state index contributed by atoms with van der Waals surface area (Å²) in [5.74, 6) is -0.350. The highest BCUT2D eigenvalue weighted by Gasteiger charge is 2.32. The molecule has 1 aromatic carbocycles. The molecular formula is C19H14N4O2S3. The normalized spacial score (nSPS) is 15.6. The SMILES string of the molecule is O=C(CCN1C(=O)/C(=C/c2cccs2)SC1=S)Nc1ccc2nccnc2c1. The highest BCUT2D eigenvalue weighted by Crippen LogP contribution is 2.33. The van der Waals surface area contributed by atoms with Gasteiger partial charge in [0.2, 0.25) is 5.91 Å². The molecule has 1 N–H and O–H groups in total. The van der Waals surface area contributed by atoms with E-state index in [1.54, 1.807) is 41.9 Å². The first-order chi connectivity index (χ1) is 13.6. The van der Waals surface area contributed by atoms with Gasteiger partial charge in [0, 0.05) is 35.9 Å². The second kappa shape index (κ2) is 8.17. The van der Waals surface area contributed by atoms with Crippen molar-refractivity contribution >= 4 is 74.2 Å². The first-order valence-electron chi connectivity index (χ1n) is 8.40. The molecule has 0 aliphatic carbocycles. The lowest BCUT2D eigenvalue weighted by molar-refractivity contribution is -0.122. The molecule has 1 aliphatic heterocycles. The van der Waals surface area contributed by atoms with Gasteiger partial charge in [-0.3, -0.25) is 24.5 Å². The molecule has 0 spiro atoms. The molecule has 2 amide bonds. The number of nitrogens with zero attached hydrogens (tertiary/aromatic N) is 3. The lowest BCUT2D eigenvalue weighted by Crippen LogP contribution is -2.31. The van der Waals surface area contributed by atoms with Gasteiger partial charge in [-0.15, -0.1) is 11.3 Å². The number of benzene rings is 1. The van der Waals surface area contributed by atoms with Crippen LogP contribution in [-0.4, -0.2) is 37.5 Å². The first kappa shape index (κ1) is 18.7. The van der Waals surface area contributed by atoms with Crippen LogP contribution in [0.3, 0.4) is 0 Å². The first-order valence-corrected chi connectivity index (χ1v) is 10.5. The standard InChI is InChI=1S/C19H14N4O2S3/c24-17(22-12-3-4-14-15(10-12)21-7-6-20-14)5-8-23-18(25)16(28-19(23)26)11-13-2-1-9-27-13/h1-4,6-7,9-11H,5,8H2,(H,22,24)/b16-11-. The summed E-state index contributed by atoms with van der Waals surface area (Å²) in [5.41, 5.74) is 2.10. The number of carbonyl (C=O) groups is 2. The fourth-order valence-corrected chi connectivity index (χ4v) is 4.70. The number of hydrogen-bond acceptors (Lipinski definition) is 7. The second-order valence-corrected chi connectivity index (χ2v) is 8.56. The number of thioether (sulfide) groups is 1. The van der Waals surface area contributed by atoms with E-state index in [0.717, 1.165) is 10.4 Å². The molecule has 0 unspecified atom stereocenters. The maximum absolute atomic E-state index is 12.6. The number of thiocarbonyl (C=S) groups is 1. The molecule has 0 bridgehead atoms. The number of fused-ring (bicyclic) bond motifs is 1. The van der Waals surface area contributed by atoms with Crippen LogP contribution < -0.4 is 5.32 Å². The molecular weight excluding hydrogens is 412 g/mol. The van der Waals surface area contributed by atoms with Crippen molar-refractivity contribution in [3.8, 4) is 0 Å². The van der Waals surface area contributed by atoms with Crippen molar-refractivity contribution in [2.75, 3.05) is 11.9 Å². The van der Waals surface area contributed by atoms with Crippen molar-refractivity contribution < 1.29 is 9.59 Å². The van der Waals surface area contributed by atoms with E-state index in [1.807, 2.05) is 23.6 Å². The van der Waals surface area contributed by atoms with Gasteiger partial charge in [0.15, 0.2) is 0 Å². The Kier molecular flexibility index (Phi) is 5.47. The van der Waals surface area contributed by atoms with Gasteiger partial charge in [0.05, 0.1) is 15.9 Å². The smallest absolute Gasteiger partial charge is 0.266 e. The number of carbonyl (C=O) groups excluding carboxylic acids is 2. The Bertz CT molecular complexity index is 1100. The molecule has 1 saturated heterocycles. The largest absolute Gasteiger partial charge is 0.326 e. The molecule has 28 heavy (non-hydrogen) atoms. The minimum atomic E-state index is -0.195. The van der Waals surface area contributed by atoms with E-state index in [2.05, 4.69) is 15.3 Å². The molecule has 4 rings (SSSR count). The third-order valence-corrected chi connectivity index (χ3v) is 6.20. The summed E-state index contributed by atoms with van der Waals surface area (Å²) in [6.45, 7) is 0.242. The lowest BCUT2D eigenvalue weighted by Gasteiger charge is -2.14. The summed E-state index contributed by atoms with van der Waals surface area (Å²) < 4.78 is 0.474. The minimum Gasteiger partial charge on any atom is -0.326 e. The molecule has 3 aromatic rings. The van der Waals surface area contributed by atoms with Gasteiger partial charge in [-0.05, 0) is 35.7 Å². The van der Waals surface area contributed by atoms with E-state index in [4.69, 9.17) is 12.2 Å². The molecule has 140 valence electrons. The summed E-state index contributed by atoms with van der Waals surface area (Å²) >= 11 is 8.13. The van der Waals surface area contributed by atoms with Crippen LogP contribution >= 0.6 is 35.3 Å². The summed E-state index contributed by atoms with van der Waals surface area (Å²) in [4.78, 5) is 36.4. The van der Waals surface area contributed by atoms with E-state index in [-0.39, 0.29) is 24.8 Å². The fourth-order valence-electron chi connectivity index (χ4n) is 2.67. The van der Waals surface area contributed by atoms with Gasteiger partial charge in [0.1, 0.15) is 4.32 Å². The summed E-state index contributed by atoms with van der Waals surface area (Å²) in [6, 6.07) is 9.22. The van der Waals surface area contributed by atoms with Crippen molar-refractivity contribution in [1.29, 1.82) is 0 Å². The molecule has 9 heteroatoms. The number of anilines is 1. The van der Waals surface area contributed by atoms with Gasteiger partial charge in [0.25, 0.3) is 5.91 Å². The van der Waals surface area contributed by atoms with E-state index >= 15 is 0 Å². The average Bonchev–Trinajstić information content (AvgIpc) is 3.29. The van der Waals surface area contributed by atoms with Crippen molar-refractivity contribution in [1.82, 2.24) is 14.9 Å². The summed E-state index contributed by atoms with van der Waals surface area (Å²) in [7, 11) is 0. The van der Waals surface area contributed by atoms with Gasteiger partial charge < -0.3 is 5.32 Å². The Labute approximate surface area is 174 Å². The number of aromatic nitrogens is 2. The van der Waals surface area contributed by atoms with E-state index in [9.17, 15) is 9.59 Å². The monoisotopic (exact) mass is 426 g/mol. The zero-order valence-corrected chi connectivity index (χ0v) is 16.9. The Morgan fingerprint density at radius 3 is 2.82 bits per heavy atom. The molecule has 1 fully saturated rings. The number of nitrogens with one attached hydrogen (secondary N) is 1. The molecule has 0 atom stereocenters. The van der Waals surface area contributed by atoms with Crippen LogP contribution in [0, 0.1) is 0 Å². The number of rotatable bonds is 5. The third-order valence-electron chi connectivity index (χ3n) is 4.01. The van der Waals surface area contributed by atoms with E-state index < -0.39 is 0 Å². The predicted molar refractivity (Wildman–Crippen MR) is 117 cm³/mol. The second-order valence-electron chi connectivity index (χ2n) is 5.91. The van der Waals surface area contributed by atoms with Crippen LogP contribution in [-0.2, 0) is 9.59 Å². The van der Waals surface area contributed by atoms with Gasteiger partial charge in [-0.25, -0.2) is 0 Å². The number of thiophene rings is 1. The van der Waals surface area contributed by atoms with Crippen LogP contribution in [0.5, 0.6) is 0 Å². The maximum Gasteiger partial charge on any atom is 0.266 e. The third kappa shape index (κ3) is 4.11. The van der Waals surface area contributed by atoms with E-state index in [1.165, 1.54) is 16.7 Å². The molecule has 6 nitrogen and oxygen atoms in total. The number of amides is 2. The Morgan fingerprint density at radius 2 is 2.04 bits per heavy atom. The Hall–Kier alpha value is -2.62.